The monoisotopic (exact) mass is 284 g/mol. The smallest absolute Gasteiger partial charge is 0.250 e. The van der Waals surface area contributed by atoms with Gasteiger partial charge in [0.1, 0.15) is 6.10 Å². The second-order valence-electron chi connectivity index (χ2n) is 4.74. The average Bonchev–Trinajstić information content (AvgIpc) is 2.38. The number of amides is 1. The zero-order chi connectivity index (χ0) is 14.4. The molecule has 0 spiro atoms. The summed E-state index contributed by atoms with van der Waals surface area (Å²) in [4.78, 5) is 12.0. The van der Waals surface area contributed by atoms with E-state index in [2.05, 4.69) is 5.32 Å². The van der Waals surface area contributed by atoms with Crippen LogP contribution in [0.2, 0.25) is 5.02 Å². The Balaban J connectivity index is 2.84. The first-order chi connectivity index (χ1) is 8.99. The lowest BCUT2D eigenvalue weighted by atomic mass is 9.96. The number of hydrogen-bond donors (Lipinski definition) is 2. The molecule has 0 aromatic heterocycles. The lowest BCUT2D eigenvalue weighted by Gasteiger charge is -2.25. The molecule has 0 aliphatic carbocycles. The molecule has 0 saturated carbocycles. The van der Waals surface area contributed by atoms with Crippen molar-refractivity contribution in [1.29, 1.82) is 0 Å². The number of hydrogen-bond acceptors (Lipinski definition) is 3. The average molecular weight is 285 g/mol. The van der Waals surface area contributed by atoms with Gasteiger partial charge >= 0.3 is 0 Å². The van der Waals surface area contributed by atoms with Gasteiger partial charge in [-0.3, -0.25) is 4.79 Å². The van der Waals surface area contributed by atoms with Crippen LogP contribution in [0.4, 0.5) is 0 Å². The summed E-state index contributed by atoms with van der Waals surface area (Å²) < 4.78 is 5.04. The normalized spacial score (nSPS) is 14.2. The van der Waals surface area contributed by atoms with Crippen molar-refractivity contribution in [3.8, 4) is 0 Å². The van der Waals surface area contributed by atoms with Crippen molar-refractivity contribution in [2.24, 2.45) is 11.7 Å². The fourth-order valence-electron chi connectivity index (χ4n) is 1.86. The van der Waals surface area contributed by atoms with E-state index in [0.717, 1.165) is 5.56 Å². The van der Waals surface area contributed by atoms with Crippen LogP contribution in [0.15, 0.2) is 24.3 Å². The highest BCUT2D eigenvalue weighted by Gasteiger charge is 2.23. The van der Waals surface area contributed by atoms with E-state index in [1.54, 1.807) is 0 Å². The van der Waals surface area contributed by atoms with Crippen molar-refractivity contribution in [3.05, 3.63) is 34.9 Å². The van der Waals surface area contributed by atoms with Crippen LogP contribution in [0.3, 0.4) is 0 Å². The number of benzene rings is 1. The molecule has 0 aliphatic heterocycles. The maximum absolute atomic E-state index is 12.0. The Bertz CT molecular complexity index is 402. The molecule has 106 valence electrons. The minimum atomic E-state index is -0.617. The highest BCUT2D eigenvalue weighted by Crippen LogP contribution is 2.23. The molecule has 1 amide bonds. The molecule has 1 aromatic rings. The van der Waals surface area contributed by atoms with Crippen LogP contribution in [-0.2, 0) is 9.53 Å². The van der Waals surface area contributed by atoms with Crippen molar-refractivity contribution in [2.45, 2.75) is 26.0 Å². The molecule has 19 heavy (non-hydrogen) atoms. The largest absolute Gasteiger partial charge is 0.370 e. The number of ether oxygens (including phenoxy) is 1. The minimum Gasteiger partial charge on any atom is -0.370 e. The lowest BCUT2D eigenvalue weighted by molar-refractivity contribution is -0.131. The van der Waals surface area contributed by atoms with Gasteiger partial charge in [-0.25, -0.2) is 0 Å². The van der Waals surface area contributed by atoms with Crippen molar-refractivity contribution in [3.63, 3.8) is 0 Å². The highest BCUT2D eigenvalue weighted by molar-refractivity contribution is 6.30. The first-order valence-corrected chi connectivity index (χ1v) is 6.66. The number of nitrogens with two attached hydrogens (primary N) is 1. The molecule has 4 nitrogen and oxygen atoms in total. The molecular formula is C14H21ClN2O2. The number of rotatable bonds is 6. The van der Waals surface area contributed by atoms with E-state index in [9.17, 15) is 4.79 Å². The molecule has 0 radical (unpaired) electrons. The number of nitrogens with one attached hydrogen (secondary N) is 1. The van der Waals surface area contributed by atoms with Crippen LogP contribution < -0.4 is 11.1 Å². The standard InChI is InChI=1S/C14H21ClN2O2/c1-9(2)13(10-4-6-11(15)7-5-10)17-14(18)12(8-16)19-3/h4-7,9,12-13H,8,16H2,1-3H3,(H,17,18). The molecule has 0 saturated heterocycles. The van der Waals surface area contributed by atoms with Crippen LogP contribution in [0.1, 0.15) is 25.5 Å². The Labute approximate surface area is 119 Å². The quantitative estimate of drug-likeness (QED) is 0.841. The Morgan fingerprint density at radius 1 is 1.37 bits per heavy atom. The second kappa shape index (κ2) is 7.48. The number of halogens is 1. The molecule has 0 aliphatic rings. The van der Waals surface area contributed by atoms with Crippen molar-refractivity contribution in [1.82, 2.24) is 5.32 Å². The van der Waals surface area contributed by atoms with Crippen molar-refractivity contribution in [2.75, 3.05) is 13.7 Å². The van der Waals surface area contributed by atoms with Crippen molar-refractivity contribution >= 4 is 17.5 Å². The Hall–Kier alpha value is -1.10. The topological polar surface area (TPSA) is 64.3 Å². The van der Waals surface area contributed by atoms with Gasteiger partial charge in [0, 0.05) is 18.7 Å². The maximum atomic E-state index is 12.0. The van der Waals surface area contributed by atoms with Crippen LogP contribution in [0.5, 0.6) is 0 Å². The van der Waals surface area contributed by atoms with Crippen LogP contribution in [0, 0.1) is 5.92 Å². The van der Waals surface area contributed by atoms with E-state index < -0.39 is 6.10 Å². The van der Waals surface area contributed by atoms with Crippen LogP contribution in [0.25, 0.3) is 0 Å². The zero-order valence-electron chi connectivity index (χ0n) is 11.5. The maximum Gasteiger partial charge on any atom is 0.250 e. The fraction of sp³-hybridized carbons (Fsp3) is 0.500. The predicted molar refractivity (Wildman–Crippen MR) is 77.0 cm³/mol. The molecule has 2 unspecified atom stereocenters. The van der Waals surface area contributed by atoms with E-state index in [1.807, 2.05) is 38.1 Å². The summed E-state index contributed by atoms with van der Waals surface area (Å²) in [7, 11) is 1.48. The molecule has 0 heterocycles. The van der Waals surface area contributed by atoms with Gasteiger partial charge in [0.2, 0.25) is 0 Å². The van der Waals surface area contributed by atoms with Crippen molar-refractivity contribution < 1.29 is 9.53 Å². The number of carbonyl (C=O) groups excluding carboxylic acids is 1. The second-order valence-corrected chi connectivity index (χ2v) is 5.18. The number of methoxy groups -OCH3 is 1. The minimum absolute atomic E-state index is 0.0889. The summed E-state index contributed by atoms with van der Waals surface area (Å²) in [6.07, 6.45) is -0.617. The van der Waals surface area contributed by atoms with Gasteiger partial charge in [-0.15, -0.1) is 0 Å². The Morgan fingerprint density at radius 2 is 1.95 bits per heavy atom. The first kappa shape index (κ1) is 16.0. The lowest BCUT2D eigenvalue weighted by Crippen LogP contribution is -2.43. The van der Waals surface area contributed by atoms with Gasteiger partial charge in [-0.1, -0.05) is 37.6 Å². The van der Waals surface area contributed by atoms with E-state index >= 15 is 0 Å². The Morgan fingerprint density at radius 3 is 2.37 bits per heavy atom. The van der Waals surface area contributed by atoms with Gasteiger partial charge in [-0.2, -0.15) is 0 Å². The Kier molecular flexibility index (Phi) is 6.28. The third-order valence-corrected chi connectivity index (χ3v) is 3.24. The molecule has 0 fully saturated rings. The van der Waals surface area contributed by atoms with Crippen LogP contribution in [-0.4, -0.2) is 25.7 Å². The zero-order valence-corrected chi connectivity index (χ0v) is 12.3. The van der Waals surface area contributed by atoms with Gasteiger partial charge in [-0.05, 0) is 23.6 Å². The first-order valence-electron chi connectivity index (χ1n) is 6.28. The SMILES string of the molecule is COC(CN)C(=O)NC(c1ccc(Cl)cc1)C(C)C. The molecule has 5 heteroatoms. The summed E-state index contributed by atoms with van der Waals surface area (Å²) in [5.41, 5.74) is 6.50. The predicted octanol–water partition coefficient (Wildman–Crippen LogP) is 2.13. The number of carbonyl (C=O) groups is 1. The molecular weight excluding hydrogens is 264 g/mol. The van der Waals surface area contributed by atoms with E-state index in [0.29, 0.717) is 5.02 Å². The summed E-state index contributed by atoms with van der Waals surface area (Å²) in [5, 5.41) is 3.64. The van der Waals surface area contributed by atoms with E-state index in [4.69, 9.17) is 22.1 Å². The molecule has 0 bridgehead atoms. The third kappa shape index (κ3) is 4.49. The highest BCUT2D eigenvalue weighted by atomic mass is 35.5. The van der Waals surface area contributed by atoms with Gasteiger partial charge in [0.25, 0.3) is 5.91 Å². The van der Waals surface area contributed by atoms with E-state index in [-0.39, 0.29) is 24.4 Å². The molecule has 3 N–H and O–H groups in total. The van der Waals surface area contributed by atoms with E-state index in [1.165, 1.54) is 7.11 Å². The van der Waals surface area contributed by atoms with Gasteiger partial charge in [0.15, 0.2) is 0 Å². The summed E-state index contributed by atoms with van der Waals surface area (Å²) in [5.74, 6) is 0.0547. The third-order valence-electron chi connectivity index (χ3n) is 2.98. The van der Waals surface area contributed by atoms with Crippen LogP contribution >= 0.6 is 11.6 Å². The molecule has 1 rings (SSSR count). The van der Waals surface area contributed by atoms with Gasteiger partial charge < -0.3 is 15.8 Å². The van der Waals surface area contributed by atoms with Gasteiger partial charge in [0.05, 0.1) is 6.04 Å². The summed E-state index contributed by atoms with van der Waals surface area (Å²) in [6, 6.07) is 7.37. The fourth-order valence-corrected chi connectivity index (χ4v) is 1.99. The summed E-state index contributed by atoms with van der Waals surface area (Å²) in [6.45, 7) is 4.25. The molecule has 1 aromatic carbocycles. The molecule has 2 atom stereocenters. The summed E-state index contributed by atoms with van der Waals surface area (Å²) >= 11 is 5.87.